The quantitative estimate of drug-likeness (QED) is 0.411. The fourth-order valence-corrected chi connectivity index (χ4v) is 3.27. The normalized spacial score (nSPS) is 11.6. The number of carbonyl (C=O) groups excluding carboxylic acids is 1. The predicted molar refractivity (Wildman–Crippen MR) is 92.3 cm³/mol. The molecule has 0 radical (unpaired) electrons. The Bertz CT molecular complexity index is 881. The first-order valence-electron chi connectivity index (χ1n) is 7.40. The first-order valence-corrected chi connectivity index (χ1v) is 8.72. The van der Waals surface area contributed by atoms with Gasteiger partial charge in [0, 0.05) is 28.7 Å². The van der Waals surface area contributed by atoms with E-state index in [0.717, 1.165) is 6.07 Å². The van der Waals surface area contributed by atoms with Crippen LogP contribution in [0.15, 0.2) is 47.4 Å². The van der Waals surface area contributed by atoms with Crippen LogP contribution in [0, 0.1) is 20.2 Å². The first kappa shape index (κ1) is 19.2. The maximum absolute atomic E-state index is 12.4. The molecule has 10 heteroatoms. The zero-order valence-electron chi connectivity index (χ0n) is 13.6. The Hall–Kier alpha value is -3.14. The number of benzene rings is 2. The van der Waals surface area contributed by atoms with Gasteiger partial charge < -0.3 is 4.74 Å². The fourth-order valence-electron chi connectivity index (χ4n) is 2.14. The Morgan fingerprint density at radius 1 is 1.08 bits per heavy atom. The minimum absolute atomic E-state index is 0.0309. The topological polar surface area (TPSA) is 130 Å². The van der Waals surface area contributed by atoms with Crippen LogP contribution < -0.4 is 0 Å². The smallest absolute Gasteiger partial charge is 0.338 e. The summed E-state index contributed by atoms with van der Waals surface area (Å²) in [5.41, 5.74) is -0.274. The number of rotatable bonds is 7. The molecule has 0 amide bonds. The number of non-ortho nitro benzene ring substituents is 1. The molecular formula is C16H14N2O7S. The standard InChI is InChI=1S/C16H14N2O7S/c1-2-25-16(19)11-3-4-12(15(9-11)18(22)23)10-26(24)14-7-5-13(6-8-14)17(20)21/h3-9H,2,10H2,1H3. The summed E-state index contributed by atoms with van der Waals surface area (Å²) in [4.78, 5) is 32.7. The molecule has 0 N–H and O–H groups in total. The molecule has 0 heterocycles. The average Bonchev–Trinajstić information content (AvgIpc) is 2.62. The van der Waals surface area contributed by atoms with E-state index in [-0.39, 0.29) is 34.9 Å². The summed E-state index contributed by atoms with van der Waals surface area (Å²) in [6, 6.07) is 8.92. The number of hydrogen-bond donors (Lipinski definition) is 0. The fraction of sp³-hybridized carbons (Fsp3) is 0.188. The summed E-state index contributed by atoms with van der Waals surface area (Å²) < 4.78 is 17.2. The zero-order valence-corrected chi connectivity index (χ0v) is 14.4. The molecule has 0 aliphatic carbocycles. The Morgan fingerprint density at radius 2 is 1.73 bits per heavy atom. The van der Waals surface area contributed by atoms with E-state index in [2.05, 4.69) is 0 Å². The molecule has 9 nitrogen and oxygen atoms in total. The summed E-state index contributed by atoms with van der Waals surface area (Å²) in [6.45, 7) is 1.76. The van der Waals surface area contributed by atoms with Gasteiger partial charge in [-0.25, -0.2) is 4.79 Å². The number of nitrogens with zero attached hydrogens (tertiary/aromatic N) is 2. The summed E-state index contributed by atoms with van der Waals surface area (Å²) in [5, 5.41) is 21.9. The van der Waals surface area contributed by atoms with Crippen molar-refractivity contribution >= 4 is 28.1 Å². The molecule has 1 unspecified atom stereocenters. The van der Waals surface area contributed by atoms with E-state index < -0.39 is 26.6 Å². The van der Waals surface area contributed by atoms with Crippen LogP contribution in [0.4, 0.5) is 11.4 Å². The predicted octanol–water partition coefficient (Wildman–Crippen LogP) is 2.99. The number of nitro groups is 2. The minimum Gasteiger partial charge on any atom is -0.462 e. The van der Waals surface area contributed by atoms with Crippen LogP contribution in [0.25, 0.3) is 0 Å². The molecular weight excluding hydrogens is 364 g/mol. The second-order valence-corrected chi connectivity index (χ2v) is 6.51. The second-order valence-electron chi connectivity index (χ2n) is 5.06. The Labute approximate surface area is 150 Å². The summed E-state index contributed by atoms with van der Waals surface area (Å²) in [5.74, 6) is -0.851. The molecule has 2 aromatic rings. The van der Waals surface area contributed by atoms with Gasteiger partial charge in [-0.3, -0.25) is 24.4 Å². The van der Waals surface area contributed by atoms with Crippen LogP contribution in [0.1, 0.15) is 22.8 Å². The van der Waals surface area contributed by atoms with Crippen LogP contribution >= 0.6 is 0 Å². The van der Waals surface area contributed by atoms with Crippen LogP contribution in [0.3, 0.4) is 0 Å². The second kappa shape index (κ2) is 8.30. The average molecular weight is 378 g/mol. The molecule has 136 valence electrons. The molecule has 0 aromatic heterocycles. The van der Waals surface area contributed by atoms with Crippen LogP contribution in [0.2, 0.25) is 0 Å². The highest BCUT2D eigenvalue weighted by molar-refractivity contribution is 7.84. The van der Waals surface area contributed by atoms with Crippen molar-refractivity contribution in [3.8, 4) is 0 Å². The van der Waals surface area contributed by atoms with Crippen molar-refractivity contribution in [2.75, 3.05) is 6.61 Å². The monoisotopic (exact) mass is 378 g/mol. The number of carbonyl (C=O) groups is 1. The number of nitro benzene ring substituents is 2. The number of ether oxygens (including phenoxy) is 1. The van der Waals surface area contributed by atoms with Crippen molar-refractivity contribution in [2.24, 2.45) is 0 Å². The van der Waals surface area contributed by atoms with Gasteiger partial charge in [0.2, 0.25) is 0 Å². The third-order valence-corrected chi connectivity index (χ3v) is 4.76. The van der Waals surface area contributed by atoms with E-state index in [9.17, 15) is 29.2 Å². The highest BCUT2D eigenvalue weighted by atomic mass is 32.2. The lowest BCUT2D eigenvalue weighted by Crippen LogP contribution is -2.07. The number of esters is 1. The minimum atomic E-state index is -1.65. The highest BCUT2D eigenvalue weighted by Gasteiger charge is 2.20. The molecule has 0 saturated carbocycles. The van der Waals surface area contributed by atoms with E-state index in [1.807, 2.05) is 0 Å². The van der Waals surface area contributed by atoms with Gasteiger partial charge in [0.05, 0.1) is 38.6 Å². The molecule has 0 aliphatic rings. The molecule has 2 aromatic carbocycles. The summed E-state index contributed by atoms with van der Waals surface area (Å²) in [7, 11) is -1.65. The maximum atomic E-state index is 12.4. The molecule has 2 rings (SSSR count). The molecule has 1 atom stereocenters. The van der Waals surface area contributed by atoms with Gasteiger partial charge >= 0.3 is 5.97 Å². The van der Waals surface area contributed by atoms with Crippen molar-refractivity contribution in [1.82, 2.24) is 0 Å². The Balaban J connectivity index is 2.27. The van der Waals surface area contributed by atoms with E-state index in [1.165, 1.54) is 36.4 Å². The van der Waals surface area contributed by atoms with Gasteiger partial charge in [0.1, 0.15) is 0 Å². The summed E-state index contributed by atoms with van der Waals surface area (Å²) in [6.07, 6.45) is 0. The zero-order chi connectivity index (χ0) is 19.3. The van der Waals surface area contributed by atoms with E-state index in [4.69, 9.17) is 4.74 Å². The van der Waals surface area contributed by atoms with Gasteiger partial charge in [0.25, 0.3) is 11.4 Å². The number of hydrogen-bond acceptors (Lipinski definition) is 7. The summed E-state index contributed by atoms with van der Waals surface area (Å²) >= 11 is 0. The molecule has 0 fully saturated rings. The van der Waals surface area contributed by atoms with Crippen molar-refractivity contribution in [3.05, 3.63) is 73.8 Å². The van der Waals surface area contributed by atoms with Crippen LogP contribution in [-0.4, -0.2) is 26.6 Å². The lowest BCUT2D eigenvalue weighted by Gasteiger charge is -2.06. The highest BCUT2D eigenvalue weighted by Crippen LogP contribution is 2.25. The van der Waals surface area contributed by atoms with Gasteiger partial charge in [-0.15, -0.1) is 0 Å². The molecule has 0 spiro atoms. The molecule has 0 saturated heterocycles. The lowest BCUT2D eigenvalue weighted by atomic mass is 10.1. The van der Waals surface area contributed by atoms with Gasteiger partial charge in [-0.05, 0) is 25.1 Å². The first-order chi connectivity index (χ1) is 12.3. The van der Waals surface area contributed by atoms with E-state index >= 15 is 0 Å². The van der Waals surface area contributed by atoms with Crippen molar-refractivity contribution in [2.45, 2.75) is 17.6 Å². The molecule has 0 aliphatic heterocycles. The van der Waals surface area contributed by atoms with E-state index in [1.54, 1.807) is 6.92 Å². The van der Waals surface area contributed by atoms with Crippen molar-refractivity contribution in [3.63, 3.8) is 0 Å². The third kappa shape index (κ3) is 4.48. The van der Waals surface area contributed by atoms with E-state index in [0.29, 0.717) is 4.90 Å². The van der Waals surface area contributed by atoms with Gasteiger partial charge in [-0.2, -0.15) is 0 Å². The van der Waals surface area contributed by atoms with Gasteiger partial charge in [0.15, 0.2) is 0 Å². The van der Waals surface area contributed by atoms with Crippen LogP contribution in [-0.2, 0) is 21.3 Å². The molecule has 26 heavy (non-hydrogen) atoms. The largest absolute Gasteiger partial charge is 0.462 e. The molecule has 0 bridgehead atoms. The van der Waals surface area contributed by atoms with Crippen LogP contribution in [0.5, 0.6) is 0 Å². The van der Waals surface area contributed by atoms with Crippen molar-refractivity contribution in [1.29, 1.82) is 0 Å². The lowest BCUT2D eigenvalue weighted by molar-refractivity contribution is -0.385. The SMILES string of the molecule is CCOC(=O)c1ccc(CS(=O)c2ccc([N+](=O)[O-])cc2)c([N+](=O)[O-])c1. The maximum Gasteiger partial charge on any atom is 0.338 e. The third-order valence-electron chi connectivity index (χ3n) is 3.39. The Kier molecular flexibility index (Phi) is 6.12. The van der Waals surface area contributed by atoms with Gasteiger partial charge in [-0.1, -0.05) is 6.07 Å². The van der Waals surface area contributed by atoms with Crippen molar-refractivity contribution < 1.29 is 23.6 Å². The Morgan fingerprint density at radius 3 is 2.27 bits per heavy atom.